The standard InChI is InChI=1S/C28H25F3N4O4/c1-27(2,32)14-9-13(10-15(11-14)28(29,30)31)26(37)35-23-22-18-12-16(3-5-19(18)39-24(22)23)38-20-7-8-33-25-17(20)4-6-21(36)34-25/h3,5,7-12,22-24H,4,6,32H2,1-2H3,(H,35,37)(H,33,34,36)/t22-,23-,24-/m0/s1. The molecule has 1 fully saturated rings. The van der Waals surface area contributed by atoms with Gasteiger partial charge in [0.1, 0.15) is 29.2 Å². The van der Waals surface area contributed by atoms with Gasteiger partial charge < -0.3 is 25.8 Å². The number of benzene rings is 2. The van der Waals surface area contributed by atoms with Gasteiger partial charge in [-0.2, -0.15) is 13.2 Å². The molecule has 1 saturated carbocycles. The molecule has 4 N–H and O–H groups in total. The number of alkyl halides is 3. The molecular formula is C28H25F3N4O4. The predicted octanol–water partition coefficient (Wildman–Crippen LogP) is 4.63. The molecule has 3 aromatic rings. The first-order chi connectivity index (χ1) is 18.4. The summed E-state index contributed by atoms with van der Waals surface area (Å²) in [4.78, 5) is 28.9. The fourth-order valence-electron chi connectivity index (χ4n) is 5.09. The van der Waals surface area contributed by atoms with Crippen LogP contribution >= 0.6 is 0 Å². The molecular weight excluding hydrogens is 513 g/mol. The third kappa shape index (κ3) is 4.67. The lowest BCUT2D eigenvalue weighted by molar-refractivity contribution is -0.137. The Bertz CT molecular complexity index is 1480. The van der Waals surface area contributed by atoms with Crippen LogP contribution in [0.1, 0.15) is 58.8 Å². The summed E-state index contributed by atoms with van der Waals surface area (Å²) in [6, 6.07) is 9.92. The van der Waals surface area contributed by atoms with Crippen LogP contribution in [-0.2, 0) is 22.9 Å². The third-order valence-corrected chi connectivity index (χ3v) is 7.22. The van der Waals surface area contributed by atoms with E-state index in [4.69, 9.17) is 15.2 Å². The molecule has 3 aliphatic rings. The molecule has 2 aliphatic heterocycles. The van der Waals surface area contributed by atoms with E-state index in [9.17, 15) is 22.8 Å². The molecule has 0 unspecified atom stereocenters. The molecule has 0 spiro atoms. The number of aromatic nitrogens is 1. The van der Waals surface area contributed by atoms with Gasteiger partial charge in [-0.25, -0.2) is 4.98 Å². The van der Waals surface area contributed by atoms with Crippen LogP contribution in [0.15, 0.2) is 48.7 Å². The molecule has 0 radical (unpaired) electrons. The van der Waals surface area contributed by atoms with Crippen LogP contribution in [0.5, 0.6) is 17.2 Å². The highest BCUT2D eigenvalue weighted by Gasteiger charge is 2.59. The molecule has 6 rings (SSSR count). The van der Waals surface area contributed by atoms with Crippen molar-refractivity contribution in [3.05, 3.63) is 76.5 Å². The van der Waals surface area contributed by atoms with Crippen molar-refractivity contribution in [3.8, 4) is 17.2 Å². The molecule has 0 saturated heterocycles. The Morgan fingerprint density at radius 1 is 1.13 bits per heavy atom. The Labute approximate surface area is 221 Å². The highest BCUT2D eigenvalue weighted by Crippen LogP contribution is 2.54. The average molecular weight is 539 g/mol. The van der Waals surface area contributed by atoms with Gasteiger partial charge in [0.15, 0.2) is 0 Å². The number of nitrogens with one attached hydrogen (secondary N) is 2. The van der Waals surface area contributed by atoms with E-state index >= 15 is 0 Å². The zero-order valence-electron chi connectivity index (χ0n) is 21.1. The molecule has 8 nitrogen and oxygen atoms in total. The van der Waals surface area contributed by atoms with Crippen LogP contribution in [0, 0.1) is 0 Å². The topological polar surface area (TPSA) is 116 Å². The van der Waals surface area contributed by atoms with Gasteiger partial charge in [0.25, 0.3) is 5.91 Å². The minimum atomic E-state index is -4.62. The summed E-state index contributed by atoms with van der Waals surface area (Å²) in [7, 11) is 0. The number of nitrogens with two attached hydrogens (primary N) is 1. The highest BCUT2D eigenvalue weighted by atomic mass is 19.4. The summed E-state index contributed by atoms with van der Waals surface area (Å²) in [5, 5.41) is 5.57. The Balaban J connectivity index is 1.20. The Hall–Kier alpha value is -4.12. The van der Waals surface area contributed by atoms with Crippen molar-refractivity contribution in [2.45, 2.75) is 56.5 Å². The highest BCUT2D eigenvalue weighted by molar-refractivity contribution is 5.95. The summed E-state index contributed by atoms with van der Waals surface area (Å²) in [5.74, 6) is 1.39. The van der Waals surface area contributed by atoms with Gasteiger partial charge in [-0.05, 0) is 68.3 Å². The van der Waals surface area contributed by atoms with Gasteiger partial charge in [0, 0.05) is 34.8 Å². The lowest BCUT2D eigenvalue weighted by Gasteiger charge is -2.22. The Morgan fingerprint density at radius 2 is 1.90 bits per heavy atom. The number of amides is 2. The van der Waals surface area contributed by atoms with Gasteiger partial charge in [0.2, 0.25) is 5.91 Å². The summed E-state index contributed by atoms with van der Waals surface area (Å²) in [5.41, 5.74) is 5.79. The van der Waals surface area contributed by atoms with E-state index in [1.807, 2.05) is 6.07 Å². The van der Waals surface area contributed by atoms with Crippen molar-refractivity contribution in [2.24, 2.45) is 5.73 Å². The van der Waals surface area contributed by atoms with Gasteiger partial charge >= 0.3 is 6.18 Å². The first-order valence-electron chi connectivity index (χ1n) is 12.5. The normalized spacial score (nSPS) is 21.2. The summed E-state index contributed by atoms with van der Waals surface area (Å²) in [6.45, 7) is 3.16. The fourth-order valence-corrected chi connectivity index (χ4v) is 5.09. The number of rotatable bonds is 5. The number of carbonyl (C=O) groups excluding carboxylic acids is 2. The maximum atomic E-state index is 13.5. The second kappa shape index (κ2) is 8.70. The molecule has 1 aliphatic carbocycles. The Kier molecular flexibility index (Phi) is 5.62. The van der Waals surface area contributed by atoms with E-state index in [2.05, 4.69) is 15.6 Å². The summed E-state index contributed by atoms with van der Waals surface area (Å²) in [6.07, 6.45) is -2.53. The van der Waals surface area contributed by atoms with E-state index in [-0.39, 0.29) is 29.1 Å². The number of carbonyl (C=O) groups is 2. The molecule has 2 amide bonds. The number of ether oxygens (including phenoxy) is 2. The van der Waals surface area contributed by atoms with Crippen LogP contribution in [0.4, 0.5) is 19.0 Å². The van der Waals surface area contributed by atoms with Crippen molar-refractivity contribution < 1.29 is 32.2 Å². The number of fused-ring (bicyclic) bond motifs is 4. The molecule has 0 bridgehead atoms. The number of hydrogen-bond acceptors (Lipinski definition) is 6. The number of pyridine rings is 1. The molecule has 202 valence electrons. The van der Waals surface area contributed by atoms with Gasteiger partial charge in [-0.3, -0.25) is 9.59 Å². The molecule has 2 aromatic carbocycles. The van der Waals surface area contributed by atoms with Crippen LogP contribution in [0.25, 0.3) is 0 Å². The molecule has 11 heteroatoms. The monoisotopic (exact) mass is 538 g/mol. The SMILES string of the molecule is CC(C)(N)c1cc(C(=O)N[C@@H]2[C@H]3Oc4ccc(Oc5ccnc6c5CCC(=O)N6)cc4[C@@H]23)cc(C(F)(F)F)c1. The van der Waals surface area contributed by atoms with Crippen LogP contribution in [-0.4, -0.2) is 28.9 Å². The zero-order chi connectivity index (χ0) is 27.7. The lowest BCUT2D eigenvalue weighted by Crippen LogP contribution is -2.32. The number of nitrogens with zero attached hydrogens (tertiary/aromatic N) is 1. The van der Waals surface area contributed by atoms with E-state index in [1.54, 1.807) is 38.2 Å². The zero-order valence-corrected chi connectivity index (χ0v) is 21.1. The third-order valence-electron chi connectivity index (χ3n) is 7.22. The van der Waals surface area contributed by atoms with E-state index in [0.29, 0.717) is 35.9 Å². The number of anilines is 1. The van der Waals surface area contributed by atoms with Crippen LogP contribution in [0.3, 0.4) is 0 Å². The molecule has 3 heterocycles. The van der Waals surface area contributed by atoms with Crippen molar-refractivity contribution in [3.63, 3.8) is 0 Å². The van der Waals surface area contributed by atoms with E-state index in [1.165, 1.54) is 6.07 Å². The second-order valence-electron chi connectivity index (χ2n) is 10.6. The second-order valence-corrected chi connectivity index (χ2v) is 10.6. The van der Waals surface area contributed by atoms with Gasteiger partial charge in [0.05, 0.1) is 17.5 Å². The predicted molar refractivity (Wildman–Crippen MR) is 135 cm³/mol. The van der Waals surface area contributed by atoms with Crippen LogP contribution < -0.4 is 25.8 Å². The first-order valence-corrected chi connectivity index (χ1v) is 12.5. The summed E-state index contributed by atoms with van der Waals surface area (Å²) >= 11 is 0. The number of hydrogen-bond donors (Lipinski definition) is 3. The smallest absolute Gasteiger partial charge is 0.416 e. The van der Waals surface area contributed by atoms with Crippen LogP contribution in [0.2, 0.25) is 0 Å². The van der Waals surface area contributed by atoms with Gasteiger partial charge in [-0.15, -0.1) is 0 Å². The average Bonchev–Trinajstić information content (AvgIpc) is 3.39. The minimum Gasteiger partial charge on any atom is -0.487 e. The van der Waals surface area contributed by atoms with Crippen molar-refractivity contribution in [1.29, 1.82) is 0 Å². The maximum absolute atomic E-state index is 13.5. The number of halogens is 3. The minimum absolute atomic E-state index is 0.0946. The van der Waals surface area contributed by atoms with Crippen molar-refractivity contribution >= 4 is 17.6 Å². The van der Waals surface area contributed by atoms with E-state index in [0.717, 1.165) is 23.3 Å². The summed E-state index contributed by atoms with van der Waals surface area (Å²) < 4.78 is 52.6. The lowest BCUT2D eigenvalue weighted by atomic mass is 9.91. The Morgan fingerprint density at radius 3 is 2.64 bits per heavy atom. The largest absolute Gasteiger partial charge is 0.487 e. The molecule has 1 aromatic heterocycles. The van der Waals surface area contributed by atoms with Gasteiger partial charge in [-0.1, -0.05) is 0 Å². The quantitative estimate of drug-likeness (QED) is 0.437. The maximum Gasteiger partial charge on any atom is 0.416 e. The van der Waals surface area contributed by atoms with Crippen molar-refractivity contribution in [1.82, 2.24) is 10.3 Å². The first kappa shape index (κ1) is 25.2. The fraction of sp³-hybridized carbons (Fsp3) is 0.321. The van der Waals surface area contributed by atoms with Crippen molar-refractivity contribution in [2.75, 3.05) is 5.32 Å². The molecule has 3 atom stereocenters. The van der Waals surface area contributed by atoms with E-state index < -0.39 is 29.2 Å². The molecule has 39 heavy (non-hydrogen) atoms.